The molecule has 154 valence electrons. The molecule has 3 heterocycles. The van der Waals surface area contributed by atoms with Crippen molar-refractivity contribution in [1.82, 2.24) is 10.2 Å². The fraction of sp³-hybridized carbons (Fsp3) is 0.571. The molecule has 0 unspecified atom stereocenters. The number of imide groups is 1. The van der Waals surface area contributed by atoms with Crippen molar-refractivity contribution in [3.05, 3.63) is 29.6 Å². The van der Waals surface area contributed by atoms with Crippen molar-refractivity contribution in [2.45, 2.75) is 49.7 Å². The quantitative estimate of drug-likeness (QED) is 0.735. The lowest BCUT2D eigenvalue weighted by Gasteiger charge is -2.31. The van der Waals surface area contributed by atoms with Crippen molar-refractivity contribution in [3.63, 3.8) is 0 Å². The van der Waals surface area contributed by atoms with Crippen LogP contribution in [0.1, 0.15) is 37.7 Å². The number of carbonyl (C=O) groups excluding carboxylic acids is 3. The van der Waals surface area contributed by atoms with Gasteiger partial charge in [-0.15, -0.1) is 0 Å². The van der Waals surface area contributed by atoms with Crippen LogP contribution in [0.4, 0.5) is 10.1 Å². The summed E-state index contributed by atoms with van der Waals surface area (Å²) in [4.78, 5) is 41.7. The monoisotopic (exact) mass is 417 g/mol. The fourth-order valence-corrected chi connectivity index (χ4v) is 6.30. The molecular formula is C21H24FN3O3S. The second-order valence-electron chi connectivity index (χ2n) is 8.47. The Kier molecular flexibility index (Phi) is 4.47. The molecule has 0 radical (unpaired) electrons. The lowest BCUT2D eigenvalue weighted by atomic mass is 9.76. The Bertz CT molecular complexity index is 903. The zero-order chi connectivity index (χ0) is 20.3. The highest BCUT2D eigenvalue weighted by atomic mass is 32.2. The van der Waals surface area contributed by atoms with Crippen LogP contribution in [0.3, 0.4) is 0 Å². The Morgan fingerprint density at radius 1 is 1.21 bits per heavy atom. The Balaban J connectivity index is 1.63. The van der Waals surface area contributed by atoms with Gasteiger partial charge in [0.2, 0.25) is 17.7 Å². The molecule has 1 aromatic rings. The largest absolute Gasteiger partial charge is 0.324 e. The lowest BCUT2D eigenvalue weighted by molar-refractivity contribution is -0.145. The van der Waals surface area contributed by atoms with Crippen LogP contribution in [0.5, 0.6) is 0 Å². The van der Waals surface area contributed by atoms with Gasteiger partial charge in [-0.05, 0) is 49.5 Å². The topological polar surface area (TPSA) is 78.5 Å². The normalized spacial score (nSPS) is 33.7. The molecule has 2 saturated heterocycles. The molecule has 0 bridgehead atoms. The van der Waals surface area contributed by atoms with E-state index in [4.69, 9.17) is 0 Å². The molecule has 1 spiro atoms. The summed E-state index contributed by atoms with van der Waals surface area (Å²) in [6, 6.07) is 3.77. The van der Waals surface area contributed by atoms with Gasteiger partial charge in [0.25, 0.3) is 0 Å². The van der Waals surface area contributed by atoms with Gasteiger partial charge in [0, 0.05) is 23.3 Å². The minimum atomic E-state index is -1.38. The molecule has 29 heavy (non-hydrogen) atoms. The Labute approximate surface area is 173 Å². The number of benzene rings is 1. The third kappa shape index (κ3) is 2.54. The van der Waals surface area contributed by atoms with Crippen molar-refractivity contribution in [3.8, 4) is 0 Å². The number of likely N-dealkylation sites (tertiary alicyclic amines) is 1. The predicted molar refractivity (Wildman–Crippen MR) is 108 cm³/mol. The van der Waals surface area contributed by atoms with E-state index < -0.39 is 23.2 Å². The van der Waals surface area contributed by atoms with Crippen LogP contribution in [0.2, 0.25) is 0 Å². The molecule has 1 aliphatic carbocycles. The van der Waals surface area contributed by atoms with Gasteiger partial charge in [-0.1, -0.05) is 12.8 Å². The molecule has 3 fully saturated rings. The lowest BCUT2D eigenvalue weighted by Crippen LogP contribution is -2.54. The number of nitrogens with one attached hydrogen (secondary N) is 2. The first kappa shape index (κ1) is 19.1. The smallest absolute Gasteiger partial charge is 0.250 e. The summed E-state index contributed by atoms with van der Waals surface area (Å²) in [7, 11) is 0. The summed E-state index contributed by atoms with van der Waals surface area (Å²) < 4.78 is 14.1. The number of amides is 3. The van der Waals surface area contributed by atoms with Crippen molar-refractivity contribution in [2.24, 2.45) is 11.8 Å². The van der Waals surface area contributed by atoms with Gasteiger partial charge in [0.15, 0.2) is 0 Å². The van der Waals surface area contributed by atoms with Crippen molar-refractivity contribution < 1.29 is 18.8 Å². The maximum absolute atomic E-state index is 14.1. The van der Waals surface area contributed by atoms with E-state index in [0.717, 1.165) is 31.4 Å². The van der Waals surface area contributed by atoms with E-state index in [9.17, 15) is 18.8 Å². The first-order chi connectivity index (χ1) is 14.0. The summed E-state index contributed by atoms with van der Waals surface area (Å²) in [5.41, 5.74) is -0.433. The summed E-state index contributed by atoms with van der Waals surface area (Å²) in [6.45, 7) is 0. The van der Waals surface area contributed by atoms with Gasteiger partial charge in [0.1, 0.15) is 11.4 Å². The molecule has 8 heteroatoms. The molecule has 3 aliphatic heterocycles. The van der Waals surface area contributed by atoms with E-state index in [-0.39, 0.29) is 29.8 Å². The van der Waals surface area contributed by atoms with E-state index >= 15 is 0 Å². The van der Waals surface area contributed by atoms with Gasteiger partial charge in [-0.3, -0.25) is 24.6 Å². The summed E-state index contributed by atoms with van der Waals surface area (Å²) in [6.07, 6.45) is 6.31. The maximum atomic E-state index is 14.1. The number of anilines is 1. The number of carbonyl (C=O) groups is 3. The van der Waals surface area contributed by atoms with Gasteiger partial charge in [0.05, 0.1) is 11.8 Å². The highest BCUT2D eigenvalue weighted by molar-refractivity contribution is 7.98. The first-order valence-electron chi connectivity index (χ1n) is 10.2. The number of nitrogens with zero attached hydrogens (tertiary/aromatic N) is 1. The zero-order valence-corrected chi connectivity index (χ0v) is 17.1. The van der Waals surface area contributed by atoms with Gasteiger partial charge < -0.3 is 5.32 Å². The van der Waals surface area contributed by atoms with Crippen molar-refractivity contribution in [1.29, 1.82) is 0 Å². The SMILES string of the molecule is CSCC[C@@H]1N[C@@]2(C(=O)Nc3ccc(F)cc32)[C@@H]2C(=O)N(C3CCCC3)C(=O)[C@H]12. The minimum absolute atomic E-state index is 0.0738. The number of halogens is 1. The van der Waals surface area contributed by atoms with Crippen molar-refractivity contribution in [2.75, 3.05) is 17.3 Å². The average molecular weight is 418 g/mol. The summed E-state index contributed by atoms with van der Waals surface area (Å²) in [5.74, 6) is -1.89. The molecule has 0 aromatic heterocycles. The number of hydrogen-bond donors (Lipinski definition) is 2. The van der Waals surface area contributed by atoms with E-state index in [2.05, 4.69) is 10.6 Å². The highest BCUT2D eigenvalue weighted by Gasteiger charge is 2.70. The van der Waals surface area contributed by atoms with Crippen LogP contribution < -0.4 is 10.6 Å². The molecule has 6 nitrogen and oxygen atoms in total. The standard InChI is InChI=1S/C21H24FN3O3S/c1-29-9-8-15-16-17(19(27)25(18(16)26)12-4-2-3-5-12)21(24-15)13-10-11(22)6-7-14(13)23-20(21)28/h6-7,10,12,15-17,24H,2-5,8-9H2,1H3,(H,23,28)/t15-,16+,17-,21+/m0/s1. The molecular weight excluding hydrogens is 393 g/mol. The van der Waals surface area contributed by atoms with Gasteiger partial charge >= 0.3 is 0 Å². The van der Waals surface area contributed by atoms with E-state index in [1.165, 1.54) is 23.1 Å². The number of thioether (sulfide) groups is 1. The Hall–Kier alpha value is -1.93. The highest BCUT2D eigenvalue weighted by Crippen LogP contribution is 2.54. The molecule has 4 atom stereocenters. The fourth-order valence-electron chi connectivity index (χ4n) is 5.81. The minimum Gasteiger partial charge on any atom is -0.324 e. The molecule has 1 aromatic carbocycles. The number of hydrogen-bond acceptors (Lipinski definition) is 5. The van der Waals surface area contributed by atoms with Crippen LogP contribution in [0, 0.1) is 17.7 Å². The second kappa shape index (κ2) is 6.80. The van der Waals surface area contributed by atoms with E-state index in [1.54, 1.807) is 11.8 Å². The molecule has 5 rings (SSSR count). The number of fused-ring (bicyclic) bond motifs is 4. The molecule has 1 saturated carbocycles. The van der Waals surface area contributed by atoms with Crippen LogP contribution in [0.15, 0.2) is 18.2 Å². The molecule has 2 N–H and O–H groups in total. The molecule has 3 amide bonds. The van der Waals surface area contributed by atoms with Crippen molar-refractivity contribution >= 4 is 35.2 Å². The number of rotatable bonds is 4. The summed E-state index contributed by atoms with van der Waals surface area (Å²) >= 11 is 1.66. The van der Waals surface area contributed by atoms with Gasteiger partial charge in [-0.2, -0.15) is 11.8 Å². The Morgan fingerprint density at radius 3 is 2.69 bits per heavy atom. The third-order valence-electron chi connectivity index (χ3n) is 7.03. The molecule has 4 aliphatic rings. The second-order valence-corrected chi connectivity index (χ2v) is 9.46. The average Bonchev–Trinajstić information content (AvgIpc) is 3.43. The van der Waals surface area contributed by atoms with Crippen LogP contribution in [0.25, 0.3) is 0 Å². The van der Waals surface area contributed by atoms with Gasteiger partial charge in [-0.25, -0.2) is 4.39 Å². The summed E-state index contributed by atoms with van der Waals surface area (Å²) in [5, 5.41) is 6.16. The van der Waals surface area contributed by atoms with E-state index in [0.29, 0.717) is 17.7 Å². The first-order valence-corrected chi connectivity index (χ1v) is 11.6. The van der Waals surface area contributed by atoms with Crippen LogP contribution in [-0.4, -0.2) is 46.7 Å². The maximum Gasteiger partial charge on any atom is 0.250 e. The van der Waals surface area contributed by atoms with Crippen LogP contribution >= 0.6 is 11.8 Å². The Morgan fingerprint density at radius 2 is 1.97 bits per heavy atom. The van der Waals surface area contributed by atoms with E-state index in [1.807, 2.05) is 6.26 Å². The van der Waals surface area contributed by atoms with Crippen LogP contribution in [-0.2, 0) is 19.9 Å². The zero-order valence-electron chi connectivity index (χ0n) is 16.2. The predicted octanol–water partition coefficient (Wildman–Crippen LogP) is 2.24. The third-order valence-corrected chi connectivity index (χ3v) is 7.68.